The van der Waals surface area contributed by atoms with Gasteiger partial charge in [0.25, 0.3) is 0 Å². The number of halogens is 3. The third-order valence-electron chi connectivity index (χ3n) is 3.19. The predicted molar refractivity (Wildman–Crippen MR) is 65.6 cm³/mol. The maximum absolute atomic E-state index is 12.6. The fourth-order valence-corrected chi connectivity index (χ4v) is 2.31. The first-order valence-electron chi connectivity index (χ1n) is 6.07. The summed E-state index contributed by atoms with van der Waals surface area (Å²) in [6.07, 6.45) is -2.20. The number of rotatable bonds is 2. The second kappa shape index (κ2) is 5.18. The molecule has 1 aromatic rings. The van der Waals surface area contributed by atoms with Crippen molar-refractivity contribution in [3.05, 3.63) is 29.8 Å². The predicted octanol–water partition coefficient (Wildman–Crippen LogP) is 3.21. The fraction of sp³-hybridized carbons (Fsp3) is 0.538. The van der Waals surface area contributed by atoms with Crippen molar-refractivity contribution in [3.8, 4) is 0 Å². The van der Waals surface area contributed by atoms with Crippen LogP contribution in [0.3, 0.4) is 0 Å². The van der Waals surface area contributed by atoms with Gasteiger partial charge in [0.2, 0.25) is 0 Å². The lowest BCUT2D eigenvalue weighted by atomic mass is 10.1. The highest BCUT2D eigenvalue weighted by Crippen LogP contribution is 2.31. The van der Waals surface area contributed by atoms with Crippen molar-refractivity contribution in [1.29, 1.82) is 0 Å². The van der Waals surface area contributed by atoms with Crippen LogP contribution in [0.5, 0.6) is 0 Å². The largest absolute Gasteiger partial charge is 0.416 e. The van der Waals surface area contributed by atoms with Crippen LogP contribution in [0.25, 0.3) is 0 Å². The van der Waals surface area contributed by atoms with E-state index in [4.69, 9.17) is 0 Å². The molecule has 0 aliphatic carbocycles. The summed E-state index contributed by atoms with van der Waals surface area (Å²) in [4.78, 5) is 2.19. The van der Waals surface area contributed by atoms with Gasteiger partial charge in [-0.1, -0.05) is 6.07 Å². The molecule has 1 heterocycles. The monoisotopic (exact) mass is 258 g/mol. The van der Waals surface area contributed by atoms with Crippen LogP contribution in [0, 0.1) is 0 Å². The molecule has 5 heteroatoms. The number of nitrogens with zero attached hydrogens (tertiary/aromatic N) is 1. The van der Waals surface area contributed by atoms with Crippen molar-refractivity contribution in [2.45, 2.75) is 25.1 Å². The Hall–Kier alpha value is -1.23. The van der Waals surface area contributed by atoms with Gasteiger partial charge in [-0.15, -0.1) is 0 Å². The smallest absolute Gasteiger partial charge is 0.381 e. The van der Waals surface area contributed by atoms with Gasteiger partial charge in [-0.25, -0.2) is 0 Å². The molecule has 1 fully saturated rings. The van der Waals surface area contributed by atoms with Gasteiger partial charge in [-0.3, -0.25) is 0 Å². The van der Waals surface area contributed by atoms with E-state index in [2.05, 4.69) is 10.2 Å². The zero-order chi connectivity index (χ0) is 13.2. The van der Waals surface area contributed by atoms with Crippen molar-refractivity contribution in [2.75, 3.05) is 25.5 Å². The Kier molecular flexibility index (Phi) is 3.80. The quantitative estimate of drug-likeness (QED) is 0.876. The first kappa shape index (κ1) is 13.2. The zero-order valence-corrected chi connectivity index (χ0v) is 10.3. The molecule has 0 amide bonds. The number of benzene rings is 1. The van der Waals surface area contributed by atoms with Crippen molar-refractivity contribution in [3.63, 3.8) is 0 Å². The summed E-state index contributed by atoms with van der Waals surface area (Å²) < 4.78 is 37.7. The summed E-state index contributed by atoms with van der Waals surface area (Å²) in [5.74, 6) is 0. The number of likely N-dealkylation sites (N-methyl/N-ethyl adjacent to an activating group) is 1. The number of piperidine rings is 1. The first-order valence-corrected chi connectivity index (χ1v) is 6.07. The third-order valence-corrected chi connectivity index (χ3v) is 3.19. The SMILES string of the molecule is CN1CCCC(Nc2cccc(C(F)(F)F)c2)C1. The van der Waals surface area contributed by atoms with Crippen LogP contribution in [-0.4, -0.2) is 31.1 Å². The number of hydrogen-bond donors (Lipinski definition) is 1. The van der Waals surface area contributed by atoms with E-state index in [1.165, 1.54) is 12.1 Å². The highest BCUT2D eigenvalue weighted by molar-refractivity contribution is 5.47. The Labute approximate surface area is 105 Å². The molecule has 1 unspecified atom stereocenters. The van der Waals surface area contributed by atoms with E-state index < -0.39 is 11.7 Å². The lowest BCUT2D eigenvalue weighted by molar-refractivity contribution is -0.137. The summed E-state index contributed by atoms with van der Waals surface area (Å²) in [7, 11) is 2.03. The summed E-state index contributed by atoms with van der Waals surface area (Å²) in [6.45, 7) is 1.93. The van der Waals surface area contributed by atoms with Crippen LogP contribution in [0.15, 0.2) is 24.3 Å². The Morgan fingerprint density at radius 1 is 1.33 bits per heavy atom. The first-order chi connectivity index (χ1) is 8.45. The maximum atomic E-state index is 12.6. The Morgan fingerprint density at radius 2 is 2.11 bits per heavy atom. The molecule has 0 saturated carbocycles. The Bertz CT molecular complexity index is 403. The van der Waals surface area contributed by atoms with E-state index in [0.29, 0.717) is 5.69 Å². The fourth-order valence-electron chi connectivity index (χ4n) is 2.31. The average Bonchev–Trinajstić information content (AvgIpc) is 2.28. The van der Waals surface area contributed by atoms with Gasteiger partial charge >= 0.3 is 6.18 Å². The standard InChI is InChI=1S/C13H17F3N2/c1-18-7-3-6-12(9-18)17-11-5-2-4-10(8-11)13(14,15)16/h2,4-5,8,12,17H,3,6-7,9H2,1H3. The molecule has 1 saturated heterocycles. The van der Waals surface area contributed by atoms with Gasteiger partial charge in [0, 0.05) is 18.3 Å². The van der Waals surface area contributed by atoms with Crippen LogP contribution >= 0.6 is 0 Å². The van der Waals surface area contributed by atoms with Gasteiger partial charge in [0.1, 0.15) is 0 Å². The van der Waals surface area contributed by atoms with Gasteiger partial charge in [-0.2, -0.15) is 13.2 Å². The molecule has 1 atom stereocenters. The molecule has 1 aromatic carbocycles. The van der Waals surface area contributed by atoms with Crippen LogP contribution in [0.1, 0.15) is 18.4 Å². The van der Waals surface area contributed by atoms with Gasteiger partial charge in [-0.05, 0) is 44.6 Å². The van der Waals surface area contributed by atoms with Crippen LogP contribution in [-0.2, 0) is 6.18 Å². The average molecular weight is 258 g/mol. The minimum atomic E-state index is -4.28. The van der Waals surface area contributed by atoms with Crippen LogP contribution in [0.4, 0.5) is 18.9 Å². The number of anilines is 1. The molecule has 2 rings (SSSR count). The zero-order valence-electron chi connectivity index (χ0n) is 10.3. The lowest BCUT2D eigenvalue weighted by Crippen LogP contribution is -2.39. The second-order valence-electron chi connectivity index (χ2n) is 4.82. The van der Waals surface area contributed by atoms with Crippen LogP contribution < -0.4 is 5.32 Å². The molecule has 0 radical (unpaired) electrons. The molecule has 18 heavy (non-hydrogen) atoms. The molecule has 1 N–H and O–H groups in total. The van der Waals surface area contributed by atoms with Crippen molar-refractivity contribution < 1.29 is 13.2 Å². The molecule has 0 bridgehead atoms. The second-order valence-corrected chi connectivity index (χ2v) is 4.82. The van der Waals surface area contributed by atoms with Crippen LogP contribution in [0.2, 0.25) is 0 Å². The molecular weight excluding hydrogens is 241 g/mol. The summed E-state index contributed by atoms with van der Waals surface area (Å²) in [5.41, 5.74) is -0.0539. The molecule has 1 aliphatic rings. The van der Waals surface area contributed by atoms with E-state index >= 15 is 0 Å². The summed E-state index contributed by atoms with van der Waals surface area (Å²) in [5, 5.41) is 3.18. The van der Waals surface area contributed by atoms with Crippen molar-refractivity contribution >= 4 is 5.69 Å². The van der Waals surface area contributed by atoms with Gasteiger partial charge in [0.05, 0.1) is 5.56 Å². The molecule has 1 aliphatic heterocycles. The number of alkyl halides is 3. The minimum absolute atomic E-state index is 0.229. The summed E-state index contributed by atoms with van der Waals surface area (Å²) >= 11 is 0. The molecule has 0 aromatic heterocycles. The Balaban J connectivity index is 2.05. The van der Waals surface area contributed by atoms with E-state index in [1.54, 1.807) is 6.07 Å². The van der Waals surface area contributed by atoms with E-state index in [1.807, 2.05) is 7.05 Å². The number of likely N-dealkylation sites (tertiary alicyclic amines) is 1. The van der Waals surface area contributed by atoms with E-state index in [9.17, 15) is 13.2 Å². The van der Waals surface area contributed by atoms with Crippen molar-refractivity contribution in [1.82, 2.24) is 4.90 Å². The molecule has 100 valence electrons. The normalized spacial score (nSPS) is 21.9. The molecular formula is C13H17F3N2. The van der Waals surface area contributed by atoms with Gasteiger partial charge < -0.3 is 10.2 Å². The van der Waals surface area contributed by atoms with E-state index in [0.717, 1.165) is 32.0 Å². The maximum Gasteiger partial charge on any atom is 0.416 e. The highest BCUT2D eigenvalue weighted by atomic mass is 19.4. The van der Waals surface area contributed by atoms with Crippen molar-refractivity contribution in [2.24, 2.45) is 0 Å². The number of hydrogen-bond acceptors (Lipinski definition) is 2. The minimum Gasteiger partial charge on any atom is -0.381 e. The topological polar surface area (TPSA) is 15.3 Å². The Morgan fingerprint density at radius 3 is 2.78 bits per heavy atom. The molecule has 2 nitrogen and oxygen atoms in total. The highest BCUT2D eigenvalue weighted by Gasteiger charge is 2.30. The van der Waals surface area contributed by atoms with Gasteiger partial charge in [0.15, 0.2) is 0 Å². The van der Waals surface area contributed by atoms with E-state index in [-0.39, 0.29) is 6.04 Å². The molecule has 0 spiro atoms. The third kappa shape index (κ3) is 3.38. The number of nitrogens with one attached hydrogen (secondary N) is 1. The summed E-state index contributed by atoms with van der Waals surface area (Å²) in [6, 6.07) is 5.63. The lowest BCUT2D eigenvalue weighted by Gasteiger charge is -2.31.